The molecule has 94 valence electrons. The minimum Gasteiger partial charge on any atom is -0.295 e. The van der Waals surface area contributed by atoms with Crippen LogP contribution < -0.4 is 0 Å². The smallest absolute Gasteiger partial charge is 0.0718 e. The third kappa shape index (κ3) is 2.42. The number of hydrogen-bond acceptors (Lipinski definition) is 3. The Kier molecular flexibility index (Phi) is 3.13. The van der Waals surface area contributed by atoms with Gasteiger partial charge in [0.15, 0.2) is 0 Å². The number of fused-ring (bicyclic) bond motifs is 1. The van der Waals surface area contributed by atoms with Crippen molar-refractivity contribution in [2.24, 2.45) is 4.99 Å². The fourth-order valence-electron chi connectivity index (χ4n) is 2.09. The maximum absolute atomic E-state index is 4.72. The van der Waals surface area contributed by atoms with Crippen LogP contribution in [0.15, 0.2) is 46.8 Å². The van der Waals surface area contributed by atoms with Gasteiger partial charge in [-0.05, 0) is 31.2 Å². The minimum atomic E-state index is 1.02. The van der Waals surface area contributed by atoms with Crippen LogP contribution in [0, 0.1) is 6.92 Å². The van der Waals surface area contributed by atoms with E-state index in [1.165, 1.54) is 10.9 Å². The average molecular weight is 266 g/mol. The first-order valence-electron chi connectivity index (χ1n) is 6.15. The number of rotatable bonds is 2. The van der Waals surface area contributed by atoms with Crippen molar-refractivity contribution in [2.45, 2.75) is 6.92 Å². The fraction of sp³-hybridized carbons (Fsp3) is 0.125. The normalized spacial score (nSPS) is 11.5. The van der Waals surface area contributed by atoms with Gasteiger partial charge in [-0.1, -0.05) is 17.7 Å². The SMILES string of the molecule is CN=Cc1cc(-c2ccc3cc(C)ccc3n2)cs1. The van der Waals surface area contributed by atoms with Crippen LogP contribution in [0.2, 0.25) is 0 Å². The van der Waals surface area contributed by atoms with Gasteiger partial charge in [-0.15, -0.1) is 11.3 Å². The molecule has 0 aliphatic rings. The molecule has 2 aromatic heterocycles. The van der Waals surface area contributed by atoms with Gasteiger partial charge in [0, 0.05) is 34.5 Å². The highest BCUT2D eigenvalue weighted by molar-refractivity contribution is 7.12. The first kappa shape index (κ1) is 12.1. The van der Waals surface area contributed by atoms with Crippen LogP contribution in [0.25, 0.3) is 22.2 Å². The highest BCUT2D eigenvalue weighted by Crippen LogP contribution is 2.25. The van der Waals surface area contributed by atoms with Gasteiger partial charge in [0.25, 0.3) is 0 Å². The molecular formula is C16H14N2S. The van der Waals surface area contributed by atoms with Crippen molar-refractivity contribution in [2.75, 3.05) is 7.05 Å². The van der Waals surface area contributed by atoms with Gasteiger partial charge in [-0.3, -0.25) is 4.99 Å². The summed E-state index contributed by atoms with van der Waals surface area (Å²) in [7, 11) is 1.79. The molecule has 0 saturated carbocycles. The maximum Gasteiger partial charge on any atom is 0.0718 e. The van der Waals surface area contributed by atoms with Crippen molar-refractivity contribution in [3.63, 3.8) is 0 Å². The Morgan fingerprint density at radius 2 is 2.05 bits per heavy atom. The third-order valence-corrected chi connectivity index (χ3v) is 3.88. The second kappa shape index (κ2) is 4.94. The maximum atomic E-state index is 4.72. The van der Waals surface area contributed by atoms with Crippen molar-refractivity contribution in [1.82, 2.24) is 4.98 Å². The Morgan fingerprint density at radius 1 is 1.16 bits per heavy atom. The number of hydrogen-bond donors (Lipinski definition) is 0. The van der Waals surface area contributed by atoms with Gasteiger partial charge in [0.2, 0.25) is 0 Å². The predicted molar refractivity (Wildman–Crippen MR) is 83.3 cm³/mol. The molecule has 0 aliphatic heterocycles. The standard InChI is InChI=1S/C16H14N2S/c1-11-3-5-15-12(7-11)4-6-16(18-15)13-8-14(9-17-2)19-10-13/h3-10H,1-2H3. The lowest BCUT2D eigenvalue weighted by Gasteiger charge is -2.02. The van der Waals surface area contributed by atoms with E-state index in [0.717, 1.165) is 21.7 Å². The van der Waals surface area contributed by atoms with Gasteiger partial charge < -0.3 is 0 Å². The van der Waals surface area contributed by atoms with E-state index in [-0.39, 0.29) is 0 Å². The Morgan fingerprint density at radius 3 is 2.89 bits per heavy atom. The largest absolute Gasteiger partial charge is 0.295 e. The summed E-state index contributed by atoms with van der Waals surface area (Å²) >= 11 is 1.69. The zero-order valence-electron chi connectivity index (χ0n) is 10.9. The van der Waals surface area contributed by atoms with E-state index >= 15 is 0 Å². The number of aliphatic imine (C=N–C) groups is 1. The molecule has 3 aromatic rings. The van der Waals surface area contributed by atoms with Crippen LogP contribution in [0.3, 0.4) is 0 Å². The number of nitrogens with zero attached hydrogens (tertiary/aromatic N) is 2. The van der Waals surface area contributed by atoms with Crippen LogP contribution in [0.1, 0.15) is 10.4 Å². The zero-order valence-corrected chi connectivity index (χ0v) is 11.7. The van der Waals surface area contributed by atoms with Crippen molar-refractivity contribution in [3.05, 3.63) is 52.2 Å². The third-order valence-electron chi connectivity index (χ3n) is 3.02. The van der Waals surface area contributed by atoms with E-state index in [2.05, 4.69) is 53.7 Å². The molecule has 0 fully saturated rings. The molecule has 0 spiro atoms. The fourth-order valence-corrected chi connectivity index (χ4v) is 2.90. The summed E-state index contributed by atoms with van der Waals surface area (Å²) in [6.07, 6.45) is 1.87. The lowest BCUT2D eigenvalue weighted by atomic mass is 10.1. The molecule has 2 heterocycles. The Bertz CT molecular complexity index is 756. The van der Waals surface area contributed by atoms with E-state index in [1.54, 1.807) is 18.4 Å². The summed E-state index contributed by atoms with van der Waals surface area (Å²) in [5.41, 5.74) is 4.48. The molecule has 0 unspecified atom stereocenters. The second-order valence-corrected chi connectivity index (χ2v) is 5.46. The molecule has 0 atom stereocenters. The Hall–Kier alpha value is -2.00. The minimum absolute atomic E-state index is 1.02. The van der Waals surface area contributed by atoms with Crippen LogP contribution >= 0.6 is 11.3 Å². The molecule has 0 aliphatic carbocycles. The molecule has 3 rings (SSSR count). The number of aryl methyl sites for hydroxylation is 1. The summed E-state index contributed by atoms with van der Waals surface area (Å²) in [6, 6.07) is 12.7. The number of thiophene rings is 1. The average Bonchev–Trinajstić information content (AvgIpc) is 2.87. The van der Waals surface area contributed by atoms with Crippen molar-refractivity contribution >= 4 is 28.5 Å². The van der Waals surface area contributed by atoms with Crippen molar-refractivity contribution < 1.29 is 0 Å². The second-order valence-electron chi connectivity index (χ2n) is 4.52. The molecule has 0 N–H and O–H groups in total. The van der Waals surface area contributed by atoms with Gasteiger partial charge >= 0.3 is 0 Å². The van der Waals surface area contributed by atoms with Gasteiger partial charge in [-0.2, -0.15) is 0 Å². The summed E-state index contributed by atoms with van der Waals surface area (Å²) in [5.74, 6) is 0. The van der Waals surface area contributed by atoms with E-state index in [9.17, 15) is 0 Å². The van der Waals surface area contributed by atoms with Crippen LogP contribution in [0.5, 0.6) is 0 Å². The van der Waals surface area contributed by atoms with Crippen LogP contribution in [-0.4, -0.2) is 18.2 Å². The molecule has 1 aromatic carbocycles. The predicted octanol–water partition coefficient (Wildman–Crippen LogP) is 4.32. The summed E-state index contributed by atoms with van der Waals surface area (Å²) in [4.78, 5) is 9.92. The van der Waals surface area contributed by atoms with E-state index < -0.39 is 0 Å². The molecule has 19 heavy (non-hydrogen) atoms. The van der Waals surface area contributed by atoms with Crippen molar-refractivity contribution in [3.8, 4) is 11.3 Å². The molecule has 0 bridgehead atoms. The molecule has 0 amide bonds. The Labute approximate surface area is 116 Å². The lowest BCUT2D eigenvalue weighted by molar-refractivity contribution is 1.39. The summed E-state index contributed by atoms with van der Waals surface area (Å²) in [5, 5.41) is 3.31. The van der Waals surface area contributed by atoms with Gasteiger partial charge in [-0.25, -0.2) is 4.98 Å². The van der Waals surface area contributed by atoms with E-state index in [1.807, 2.05) is 6.21 Å². The van der Waals surface area contributed by atoms with E-state index in [0.29, 0.717) is 0 Å². The Balaban J connectivity index is 2.06. The monoisotopic (exact) mass is 266 g/mol. The van der Waals surface area contributed by atoms with Crippen LogP contribution in [-0.2, 0) is 0 Å². The molecular weight excluding hydrogens is 252 g/mol. The highest BCUT2D eigenvalue weighted by atomic mass is 32.1. The first-order chi connectivity index (χ1) is 9.26. The number of benzene rings is 1. The first-order valence-corrected chi connectivity index (χ1v) is 7.03. The zero-order chi connectivity index (χ0) is 13.2. The molecule has 0 saturated heterocycles. The topological polar surface area (TPSA) is 25.2 Å². The lowest BCUT2D eigenvalue weighted by Crippen LogP contribution is -1.84. The highest BCUT2D eigenvalue weighted by Gasteiger charge is 2.04. The summed E-state index contributed by atoms with van der Waals surface area (Å²) < 4.78 is 0. The van der Waals surface area contributed by atoms with Gasteiger partial charge in [0.05, 0.1) is 11.2 Å². The van der Waals surface area contributed by atoms with Crippen LogP contribution in [0.4, 0.5) is 0 Å². The quantitative estimate of drug-likeness (QED) is 0.634. The van der Waals surface area contributed by atoms with E-state index in [4.69, 9.17) is 4.98 Å². The van der Waals surface area contributed by atoms with Crippen molar-refractivity contribution in [1.29, 1.82) is 0 Å². The number of pyridine rings is 1. The summed E-state index contributed by atoms with van der Waals surface area (Å²) in [6.45, 7) is 2.10. The molecule has 3 heteroatoms. The molecule has 2 nitrogen and oxygen atoms in total. The van der Waals surface area contributed by atoms with Gasteiger partial charge in [0.1, 0.15) is 0 Å². The number of aromatic nitrogens is 1. The molecule has 0 radical (unpaired) electrons.